The van der Waals surface area contributed by atoms with Gasteiger partial charge in [-0.05, 0) is 13.0 Å². The average molecular weight is 2500 g/mol. The highest BCUT2D eigenvalue weighted by Gasteiger charge is 2.43. The van der Waals surface area contributed by atoms with Gasteiger partial charge < -0.3 is 224 Å². The van der Waals surface area contributed by atoms with Crippen LogP contribution < -0.4 is 143 Å². The van der Waals surface area contributed by atoms with Crippen LogP contribution in [0.1, 0.15) is 68.8 Å². The number of nitrogens with zero attached hydrogens (tertiary/aromatic N) is 14. The number of aliphatic hydroxyl groups excluding tert-OH is 5. The molecule has 0 saturated carbocycles. The molecule has 79 nitrogen and oxygen atoms in total. The summed E-state index contributed by atoms with van der Waals surface area (Å²) < 4.78 is 200. The monoisotopic (exact) mass is 2500 g/mol. The van der Waals surface area contributed by atoms with Gasteiger partial charge >= 0.3 is 11.4 Å². The fraction of sp³-hybridized carbons (Fsp3) is 0.531. The number of anilines is 4. The molecule has 5 aliphatic rings. The van der Waals surface area contributed by atoms with Crippen molar-refractivity contribution in [3.05, 3.63) is 97.3 Å². The van der Waals surface area contributed by atoms with Crippen molar-refractivity contribution in [2.24, 2.45) is 0 Å². The number of aryl methyl sites for hydroxylation is 1. The molecule has 0 aromatic carbocycles. The van der Waals surface area contributed by atoms with Crippen LogP contribution in [0.15, 0.2) is 69.3 Å². The maximum atomic E-state index is 11.9. The molecule has 13 rings (SSSR count). The molecule has 148 heavy (non-hydrogen) atoms. The number of H-pyrrole nitrogens is 2. The highest BCUT2D eigenvalue weighted by molar-refractivity contribution is 8.10. The summed E-state index contributed by atoms with van der Waals surface area (Å²) in [6, 6.07) is 1.31. The Morgan fingerprint density at radius 1 is 0.358 bits per heavy atom. The summed E-state index contributed by atoms with van der Waals surface area (Å²) >= 11 is 20.9. The first kappa shape index (κ1) is 127. The van der Waals surface area contributed by atoms with Crippen LogP contribution in [0.5, 0.6) is 0 Å². The molecule has 15 N–H and O–H groups in total. The van der Waals surface area contributed by atoms with Crippen LogP contribution in [0, 0.1) is 6.92 Å². The van der Waals surface area contributed by atoms with Crippen molar-refractivity contribution in [3.63, 3.8) is 0 Å². The van der Waals surface area contributed by atoms with Crippen molar-refractivity contribution in [1.29, 1.82) is 0 Å². The SMILES string of the molecule is Cc1cn(C2CC(O)C(COP([O-])(=S)OP(=O)([O-])OP(=O)([O-])[O-])O2)c(=O)[nH]c1=O.Nc1ccn(C2CC(O)C(COP([O-])(=S)OP(=O)([O-])OP(=O)([O-])[O-])O2)c(=O)n1.Nc1nc2c(ncn2C2CC(O)C(COP(=O)([O-])OP([O-])(=S)OP(=O)([O-])[O-])O2)c(=O)[nH]1.Nc1ncnc2c1ncn2C1CC(O)C(COP(=O)([O-])OP([O-])(=S)OP(=O)([O-])[O-])O1.Nc1ncnc2c1ncn2C1CC(O)C(COP([O-])(=S)OP(=O)([O-])OP(=O)([O-])[O-])O1. The second-order valence-electron chi connectivity index (χ2n) is 28.6. The van der Waals surface area contributed by atoms with Crippen LogP contribution in [0.25, 0.3) is 33.5 Å². The van der Waals surface area contributed by atoms with Crippen molar-refractivity contribution in [3.8, 4) is 0 Å². The molecule has 836 valence electrons. The van der Waals surface area contributed by atoms with Gasteiger partial charge in [0.2, 0.25) is 5.95 Å². The molecule has 8 aromatic heterocycles. The second-order valence-corrected chi connectivity index (χ2v) is 56.6. The zero-order chi connectivity index (χ0) is 111. The Hall–Kier alpha value is -4.04. The second kappa shape index (κ2) is 50.0. The standard InChI is InChI=1S/C10H16N5O12P3S.2C10H16N5O11P3S.C10H17N2O13P3S.C9H16N3O12P3S/c11-10-13-8-7(9(17)14-10)12-3-15(8)6-1-4(16)5(25-6)2-24-29(21,22)27-30(23,31)26-28(18,19)20;11-9-8-10(13-3-12-9)15(4-14-8)7-1-5(16)6(24-7)2-23-29(22,30)26-28(20,21)25-27(17,18)19;11-9-8-10(13-3-12-9)15(4-14-8)7-1-5(16)6(24-7)2-23-28(20,21)26-29(22,30)25-27(17,18)19;1-5-3-12(10(15)11-9(5)14)8-2-6(13)7(23-8)4-22-28(21,29)25-27(19,20)24-26(16,17)18;10-7-1-2-12(9(14)11-7)8-3-5(13)6(22-8)4-21-27(20,28)24-26(18,19)23-25(15,16)17/h3-6,16H,1-2H2,(H,21,22)(H,23,31)(H2,18,19,20)(H3,11,13,14,17);2*3-7,16H,1-2H2,(H,20,21)(H,22,30)(H2,11,12,13)(H2,17,18,19);3,6-8,13H,2,4H2,1H3,(H,19,20)(H,21,29)(H,11,14,15)(H2,16,17,18);1-2,5-6,8,13H,3-4H2,(H,18,19)(H,20,28)(H2,10,11,14)(H2,15,16,17)/p-20. The van der Waals surface area contributed by atoms with Crippen LogP contribution in [0.4, 0.5) is 23.4 Å². The minimum absolute atomic E-state index is 0.00834. The van der Waals surface area contributed by atoms with E-state index in [1.165, 1.54) is 70.7 Å². The number of rotatable bonds is 40. The van der Waals surface area contributed by atoms with E-state index in [4.69, 9.17) is 46.6 Å². The van der Waals surface area contributed by atoms with Gasteiger partial charge in [-0.3, -0.25) is 99.7 Å². The molecule has 0 spiro atoms. The Morgan fingerprint density at radius 3 is 0.966 bits per heavy atom. The summed E-state index contributed by atoms with van der Waals surface area (Å²) in [7, 11) is -58.5. The zero-order valence-electron chi connectivity index (χ0n) is 71.5. The molecule has 0 bridgehead atoms. The lowest BCUT2D eigenvalue weighted by Gasteiger charge is -2.40. The van der Waals surface area contributed by atoms with E-state index < -0.39 is 260 Å². The molecule has 5 aliphatic heterocycles. The van der Waals surface area contributed by atoms with Gasteiger partial charge in [0.1, 0.15) is 125 Å². The number of hydrogen-bond acceptors (Lipinski definition) is 77. The molecule has 99 heteroatoms. The van der Waals surface area contributed by atoms with Crippen LogP contribution in [0.3, 0.4) is 0 Å². The van der Waals surface area contributed by atoms with E-state index in [1.54, 1.807) is 0 Å². The minimum atomic E-state index is -6.02. The van der Waals surface area contributed by atoms with Crippen LogP contribution in [0.2, 0.25) is 0 Å². The summed E-state index contributed by atoms with van der Waals surface area (Å²) in [6.07, 6.45) is -8.46. The number of hydrogen-bond donors (Lipinski definition) is 11. The van der Waals surface area contributed by atoms with E-state index >= 15 is 0 Å². The highest BCUT2D eigenvalue weighted by atomic mass is 32.5. The predicted molar refractivity (Wildman–Crippen MR) is 452 cm³/mol. The van der Waals surface area contributed by atoms with E-state index in [1.807, 2.05) is 4.98 Å². The number of nitrogens with two attached hydrogens (primary N) is 4. The van der Waals surface area contributed by atoms with Gasteiger partial charge in [-0.15, -0.1) is 0 Å². The van der Waals surface area contributed by atoms with E-state index in [-0.39, 0.29) is 72.2 Å². The van der Waals surface area contributed by atoms with Crippen LogP contribution in [-0.2, 0) is 194 Å². The number of imidazole rings is 3. The van der Waals surface area contributed by atoms with Crippen LogP contribution in [-0.4, -0.2) is 197 Å². The average Bonchev–Trinajstić information content (AvgIpc) is 1.64. The Morgan fingerprint density at radius 2 is 0.649 bits per heavy atom. The molecule has 5 fully saturated rings. The number of aromatic amines is 2. The molecule has 0 radical (unpaired) electrons. The highest BCUT2D eigenvalue weighted by Crippen LogP contribution is 2.66. The summed E-state index contributed by atoms with van der Waals surface area (Å²) in [5, 5.41) is 50.3. The first-order valence-corrected chi connectivity index (χ1v) is 65.3. The summed E-state index contributed by atoms with van der Waals surface area (Å²) in [4.78, 5) is 306. The Labute approximate surface area is 843 Å². The molecule has 25 unspecified atom stereocenters. The number of nitrogen functional groups attached to an aromatic ring is 4. The number of phosphoric acid groups is 10. The summed E-state index contributed by atoms with van der Waals surface area (Å²) in [6.45, 7) is -27.7. The predicted octanol–water partition coefficient (Wildman–Crippen LogP) is -16.9. The van der Waals surface area contributed by atoms with E-state index in [0.29, 0.717) is 22.3 Å². The molecule has 13 heterocycles. The minimum Gasteiger partial charge on any atom is -0.790 e. The van der Waals surface area contributed by atoms with Crippen molar-refractivity contribution in [2.75, 3.05) is 56.0 Å². The Kier molecular flexibility index (Phi) is 43.1. The first-order valence-electron chi connectivity index (χ1n) is 37.9. The molecule has 8 aromatic rings. The third kappa shape index (κ3) is 39.9. The number of aromatic nitrogens is 16. The third-order valence-electron chi connectivity index (χ3n) is 17.8. The topological polar surface area (TPSA) is 1260 Å². The lowest BCUT2D eigenvalue weighted by molar-refractivity contribution is -0.342. The molecular weight excluding hydrogens is 2440 g/mol. The molecule has 5 saturated heterocycles. The van der Waals surface area contributed by atoms with E-state index in [0.717, 1.165) is 9.13 Å². The Balaban J connectivity index is 0.000000206. The van der Waals surface area contributed by atoms with Gasteiger partial charge in [0, 0.05) is 50.1 Å². The quantitative estimate of drug-likeness (QED) is 0.0159. The molecule has 0 aliphatic carbocycles. The number of phosphoric ester groups is 2. The van der Waals surface area contributed by atoms with Gasteiger partial charge in [0.25, 0.3) is 50.2 Å². The molecule has 0 amide bonds. The molecular formula is C49H61N20O59P15S5-20. The Bertz CT molecular complexity index is 7020. The smallest absolute Gasteiger partial charge is 0.351 e. The number of nitrogens with one attached hydrogen (secondary N) is 2. The van der Waals surface area contributed by atoms with Crippen LogP contribution >= 0.6 is 112 Å². The van der Waals surface area contributed by atoms with Gasteiger partial charge in [-0.1, -0.05) is 59.0 Å². The number of ether oxygens (including phenoxy) is 5. The van der Waals surface area contributed by atoms with Crippen molar-refractivity contribution in [2.45, 2.75) is 131 Å². The normalized spacial score (nSPS) is 26.6. The zero-order valence-corrected chi connectivity index (χ0v) is 89.0. The summed E-state index contributed by atoms with van der Waals surface area (Å²) in [5.41, 5.74) is 20.8. The van der Waals surface area contributed by atoms with Gasteiger partial charge in [0.05, 0.1) is 122 Å². The van der Waals surface area contributed by atoms with Crippen molar-refractivity contribution >= 4 is 228 Å². The third-order valence-corrected chi connectivity index (χ3v) is 41.3. The lowest BCUT2D eigenvalue weighted by atomic mass is 10.2. The number of aliphatic hydroxyl groups is 5. The maximum Gasteiger partial charge on any atom is 0.351 e. The van der Waals surface area contributed by atoms with Crippen molar-refractivity contribution in [1.82, 2.24) is 77.7 Å². The lowest BCUT2D eigenvalue weighted by Crippen LogP contribution is -2.33. The summed E-state index contributed by atoms with van der Waals surface area (Å²) in [5.74, 6) is 0.0245. The van der Waals surface area contributed by atoms with Gasteiger partial charge in [-0.2, -0.15) is 9.97 Å². The molecule has 25 atom stereocenters. The maximum absolute atomic E-state index is 11.9. The number of fused-ring (bicyclic) bond motifs is 3. The van der Waals surface area contributed by atoms with Crippen molar-refractivity contribution < 1.29 is 258 Å². The van der Waals surface area contributed by atoms with Gasteiger partial charge in [-0.25, -0.2) is 44.5 Å². The largest absolute Gasteiger partial charge is 0.790 e. The fourth-order valence-electron chi connectivity index (χ4n) is 12.2. The van der Waals surface area contributed by atoms with Gasteiger partial charge in [0.15, 0.2) is 34.1 Å². The van der Waals surface area contributed by atoms with E-state index in [9.17, 15) is 188 Å². The van der Waals surface area contributed by atoms with E-state index in [2.05, 4.69) is 175 Å². The first-order chi connectivity index (χ1) is 67.4. The fourth-order valence-corrected chi connectivity index (χ4v) is 32.2.